The number of piperidine rings is 1. The first-order chi connectivity index (χ1) is 7.50. The van der Waals surface area contributed by atoms with Crippen molar-refractivity contribution in [3.63, 3.8) is 0 Å². The van der Waals surface area contributed by atoms with Crippen LogP contribution in [-0.4, -0.2) is 62.7 Å². The highest BCUT2D eigenvalue weighted by Crippen LogP contribution is 2.20. The Morgan fingerprint density at radius 3 is 2.62 bits per heavy atom. The second-order valence-electron chi connectivity index (χ2n) is 5.72. The minimum absolute atomic E-state index is 0.716. The van der Waals surface area contributed by atoms with Crippen LogP contribution in [0.1, 0.15) is 26.7 Å². The highest BCUT2D eigenvalue weighted by Gasteiger charge is 2.27. The smallest absolute Gasteiger partial charge is 0.0120 e. The van der Waals surface area contributed by atoms with Crippen molar-refractivity contribution in [2.75, 3.05) is 40.8 Å². The third kappa shape index (κ3) is 4.40. The minimum Gasteiger partial charge on any atom is -0.314 e. The maximum atomic E-state index is 3.72. The van der Waals surface area contributed by atoms with E-state index in [4.69, 9.17) is 0 Å². The predicted molar refractivity (Wildman–Crippen MR) is 70.8 cm³/mol. The first kappa shape index (κ1) is 13.9. The monoisotopic (exact) mass is 227 g/mol. The van der Waals surface area contributed by atoms with Crippen LogP contribution in [0.25, 0.3) is 0 Å². The van der Waals surface area contributed by atoms with Crippen LogP contribution >= 0.6 is 0 Å². The molecule has 3 heteroatoms. The molecule has 3 unspecified atom stereocenters. The van der Waals surface area contributed by atoms with E-state index in [9.17, 15) is 0 Å². The summed E-state index contributed by atoms with van der Waals surface area (Å²) in [5, 5.41) is 3.72. The van der Waals surface area contributed by atoms with E-state index in [0.717, 1.165) is 18.5 Å². The van der Waals surface area contributed by atoms with E-state index in [1.807, 2.05) is 0 Å². The molecule has 1 fully saturated rings. The van der Waals surface area contributed by atoms with Gasteiger partial charge in [-0.1, -0.05) is 6.92 Å². The molecule has 0 radical (unpaired) electrons. The molecular formula is C13H29N3. The summed E-state index contributed by atoms with van der Waals surface area (Å²) in [6.07, 6.45) is 2.54. The molecule has 0 bridgehead atoms. The third-order valence-corrected chi connectivity index (χ3v) is 3.80. The fraction of sp³-hybridized carbons (Fsp3) is 1.00. The Balaban J connectivity index is 2.20. The molecule has 16 heavy (non-hydrogen) atoms. The molecule has 0 spiro atoms. The van der Waals surface area contributed by atoms with Crippen LogP contribution in [0, 0.1) is 5.92 Å². The Morgan fingerprint density at radius 2 is 2.00 bits per heavy atom. The lowest BCUT2D eigenvalue weighted by Gasteiger charge is -2.40. The van der Waals surface area contributed by atoms with Crippen molar-refractivity contribution in [3.05, 3.63) is 0 Å². The fourth-order valence-corrected chi connectivity index (χ4v) is 2.51. The van der Waals surface area contributed by atoms with Crippen molar-refractivity contribution in [1.82, 2.24) is 15.1 Å². The molecule has 0 amide bonds. The van der Waals surface area contributed by atoms with Gasteiger partial charge in [-0.3, -0.25) is 0 Å². The first-order valence-electron chi connectivity index (χ1n) is 6.59. The lowest BCUT2D eigenvalue weighted by molar-refractivity contribution is 0.121. The van der Waals surface area contributed by atoms with Gasteiger partial charge in [0.05, 0.1) is 0 Å². The van der Waals surface area contributed by atoms with E-state index >= 15 is 0 Å². The molecule has 3 atom stereocenters. The van der Waals surface area contributed by atoms with Gasteiger partial charge in [0, 0.05) is 18.6 Å². The molecule has 1 saturated heterocycles. The van der Waals surface area contributed by atoms with Gasteiger partial charge in [-0.05, 0) is 59.9 Å². The van der Waals surface area contributed by atoms with E-state index < -0.39 is 0 Å². The van der Waals surface area contributed by atoms with Gasteiger partial charge in [0.2, 0.25) is 0 Å². The number of hydrogen-bond acceptors (Lipinski definition) is 3. The van der Waals surface area contributed by atoms with Crippen molar-refractivity contribution in [2.24, 2.45) is 5.92 Å². The molecule has 96 valence electrons. The Morgan fingerprint density at radius 1 is 1.31 bits per heavy atom. The van der Waals surface area contributed by atoms with Crippen LogP contribution in [0.5, 0.6) is 0 Å². The van der Waals surface area contributed by atoms with Gasteiger partial charge in [-0.15, -0.1) is 0 Å². The average molecular weight is 227 g/mol. The molecule has 0 aromatic heterocycles. The number of nitrogens with zero attached hydrogens (tertiary/aromatic N) is 2. The SMILES string of the molecule is CC1CN(C)C(C)CC1NCCCN(C)C. The molecule has 3 nitrogen and oxygen atoms in total. The van der Waals surface area contributed by atoms with Gasteiger partial charge >= 0.3 is 0 Å². The van der Waals surface area contributed by atoms with Crippen molar-refractivity contribution >= 4 is 0 Å². The molecule has 1 aliphatic rings. The summed E-state index contributed by atoms with van der Waals surface area (Å²) in [5.74, 6) is 0.778. The Labute approximate surface area is 101 Å². The van der Waals surface area contributed by atoms with Crippen LogP contribution in [0.3, 0.4) is 0 Å². The van der Waals surface area contributed by atoms with E-state index in [1.165, 1.54) is 25.9 Å². The zero-order chi connectivity index (χ0) is 12.1. The van der Waals surface area contributed by atoms with Crippen molar-refractivity contribution in [3.8, 4) is 0 Å². The normalized spacial score (nSPS) is 32.2. The number of rotatable bonds is 5. The summed E-state index contributed by atoms with van der Waals surface area (Å²) in [5.41, 5.74) is 0. The van der Waals surface area contributed by atoms with Crippen molar-refractivity contribution in [2.45, 2.75) is 38.8 Å². The summed E-state index contributed by atoms with van der Waals surface area (Å²) in [4.78, 5) is 4.73. The number of nitrogens with one attached hydrogen (secondary N) is 1. The van der Waals surface area contributed by atoms with E-state index in [-0.39, 0.29) is 0 Å². The molecule has 1 N–H and O–H groups in total. The zero-order valence-corrected chi connectivity index (χ0v) is 11.7. The lowest BCUT2D eigenvalue weighted by atomic mass is 9.90. The fourth-order valence-electron chi connectivity index (χ4n) is 2.51. The molecular weight excluding hydrogens is 198 g/mol. The summed E-state index contributed by atoms with van der Waals surface area (Å²) in [6.45, 7) is 8.27. The van der Waals surface area contributed by atoms with Crippen LogP contribution in [0.4, 0.5) is 0 Å². The molecule has 0 aromatic carbocycles. The standard InChI is InChI=1S/C13H29N3/c1-11-10-16(5)12(2)9-13(11)14-7-6-8-15(3)4/h11-14H,6-10H2,1-5H3. The molecule has 0 aromatic rings. The Bertz CT molecular complexity index is 194. The molecule has 0 saturated carbocycles. The minimum atomic E-state index is 0.716. The maximum absolute atomic E-state index is 3.72. The zero-order valence-electron chi connectivity index (χ0n) is 11.7. The molecule has 1 heterocycles. The van der Waals surface area contributed by atoms with Crippen LogP contribution in [0.15, 0.2) is 0 Å². The quantitative estimate of drug-likeness (QED) is 0.713. The van der Waals surface area contributed by atoms with Gasteiger partial charge in [0.25, 0.3) is 0 Å². The van der Waals surface area contributed by atoms with Gasteiger partial charge in [-0.25, -0.2) is 0 Å². The van der Waals surface area contributed by atoms with E-state index in [0.29, 0.717) is 6.04 Å². The highest BCUT2D eigenvalue weighted by atomic mass is 15.2. The largest absolute Gasteiger partial charge is 0.314 e. The first-order valence-corrected chi connectivity index (χ1v) is 6.59. The van der Waals surface area contributed by atoms with Crippen LogP contribution in [0.2, 0.25) is 0 Å². The predicted octanol–water partition coefficient (Wildman–Crippen LogP) is 1.26. The van der Waals surface area contributed by atoms with Crippen molar-refractivity contribution in [1.29, 1.82) is 0 Å². The maximum Gasteiger partial charge on any atom is 0.0120 e. The van der Waals surface area contributed by atoms with Gasteiger partial charge in [0.15, 0.2) is 0 Å². The second kappa shape index (κ2) is 6.58. The summed E-state index contributed by atoms with van der Waals surface area (Å²) >= 11 is 0. The van der Waals surface area contributed by atoms with E-state index in [2.05, 4.69) is 50.1 Å². The van der Waals surface area contributed by atoms with Gasteiger partial charge < -0.3 is 15.1 Å². The number of hydrogen-bond donors (Lipinski definition) is 1. The molecule has 0 aliphatic carbocycles. The third-order valence-electron chi connectivity index (χ3n) is 3.80. The van der Waals surface area contributed by atoms with Crippen LogP contribution < -0.4 is 5.32 Å². The summed E-state index contributed by atoms with van der Waals surface area (Å²) in [6, 6.07) is 1.44. The van der Waals surface area contributed by atoms with Gasteiger partial charge in [-0.2, -0.15) is 0 Å². The topological polar surface area (TPSA) is 18.5 Å². The average Bonchev–Trinajstić information content (AvgIpc) is 2.19. The van der Waals surface area contributed by atoms with Crippen molar-refractivity contribution < 1.29 is 0 Å². The Hall–Kier alpha value is -0.120. The van der Waals surface area contributed by atoms with Crippen LogP contribution in [-0.2, 0) is 0 Å². The summed E-state index contributed by atoms with van der Waals surface area (Å²) < 4.78 is 0. The van der Waals surface area contributed by atoms with E-state index in [1.54, 1.807) is 0 Å². The summed E-state index contributed by atoms with van der Waals surface area (Å²) in [7, 11) is 6.52. The van der Waals surface area contributed by atoms with Gasteiger partial charge in [0.1, 0.15) is 0 Å². The lowest BCUT2D eigenvalue weighted by Crippen LogP contribution is -2.51. The second-order valence-corrected chi connectivity index (χ2v) is 5.72. The molecule has 1 aliphatic heterocycles. The number of likely N-dealkylation sites (tertiary alicyclic amines) is 1. The molecule has 1 rings (SSSR count). The Kier molecular flexibility index (Phi) is 5.73. The highest BCUT2D eigenvalue weighted by molar-refractivity contribution is 4.85.